The lowest BCUT2D eigenvalue weighted by atomic mass is 9.84. The molecule has 0 aromatic heterocycles. The molecule has 0 bridgehead atoms. The van der Waals surface area contributed by atoms with Gasteiger partial charge in [-0.25, -0.2) is 4.79 Å². The summed E-state index contributed by atoms with van der Waals surface area (Å²) in [5.74, 6) is 1.66. The maximum Gasteiger partial charge on any atom is 0.318 e. The molecule has 1 heterocycles. The quantitative estimate of drug-likeness (QED) is 0.741. The van der Waals surface area contributed by atoms with Crippen molar-refractivity contribution in [2.75, 3.05) is 13.1 Å². The van der Waals surface area contributed by atoms with Crippen LogP contribution in [0, 0.1) is 17.8 Å². The van der Waals surface area contributed by atoms with Crippen LogP contribution in [-0.2, 0) is 4.79 Å². The van der Waals surface area contributed by atoms with Crippen LogP contribution in [0.5, 0.6) is 0 Å². The summed E-state index contributed by atoms with van der Waals surface area (Å²) in [6, 6.07) is -0.560. The van der Waals surface area contributed by atoms with Gasteiger partial charge in [-0.15, -0.1) is 6.42 Å². The van der Waals surface area contributed by atoms with Crippen LogP contribution >= 0.6 is 0 Å². The van der Waals surface area contributed by atoms with Gasteiger partial charge >= 0.3 is 12.0 Å². The minimum atomic E-state index is -0.829. The van der Waals surface area contributed by atoms with Gasteiger partial charge in [0.25, 0.3) is 0 Å². The zero-order valence-corrected chi connectivity index (χ0v) is 10.9. The molecular weight excluding hydrogens is 232 g/mol. The number of nitrogens with zero attached hydrogens (tertiary/aromatic N) is 1. The number of rotatable bonds is 4. The summed E-state index contributed by atoms with van der Waals surface area (Å²) >= 11 is 0. The van der Waals surface area contributed by atoms with E-state index in [-0.39, 0.29) is 18.6 Å². The monoisotopic (exact) mass is 252 g/mol. The van der Waals surface area contributed by atoms with Gasteiger partial charge in [0.2, 0.25) is 0 Å². The topological polar surface area (TPSA) is 69.6 Å². The SMILES string of the molecule is C#CC(CC)NC(=O)N1CCC(CC)(C(=O)O)C1. The molecule has 2 N–H and O–H groups in total. The molecule has 0 aromatic rings. The highest BCUT2D eigenvalue weighted by molar-refractivity contribution is 5.80. The molecule has 1 fully saturated rings. The lowest BCUT2D eigenvalue weighted by molar-refractivity contribution is -0.148. The standard InChI is InChI=1S/C13H20N2O3/c1-4-10(5-2)14-12(18)15-8-7-13(6-3,9-15)11(16)17/h1,10H,5-9H2,2-3H3,(H,14,18)(H,16,17). The number of likely N-dealkylation sites (tertiary alicyclic amines) is 1. The molecule has 0 aliphatic carbocycles. The van der Waals surface area contributed by atoms with Crippen LogP contribution in [-0.4, -0.2) is 41.1 Å². The van der Waals surface area contributed by atoms with Crippen LogP contribution in [0.25, 0.3) is 0 Å². The van der Waals surface area contributed by atoms with E-state index >= 15 is 0 Å². The van der Waals surface area contributed by atoms with Crippen molar-refractivity contribution in [3.63, 3.8) is 0 Å². The molecule has 18 heavy (non-hydrogen) atoms. The Balaban J connectivity index is 2.64. The minimum absolute atomic E-state index is 0.256. The summed E-state index contributed by atoms with van der Waals surface area (Å²) in [6.07, 6.45) is 6.97. The summed E-state index contributed by atoms with van der Waals surface area (Å²) in [7, 11) is 0. The number of urea groups is 1. The number of hydrogen-bond acceptors (Lipinski definition) is 2. The maximum atomic E-state index is 11.9. The van der Waals surface area contributed by atoms with Gasteiger partial charge in [0.1, 0.15) is 0 Å². The Hall–Kier alpha value is -1.70. The summed E-state index contributed by atoms with van der Waals surface area (Å²) in [4.78, 5) is 24.7. The fraction of sp³-hybridized carbons (Fsp3) is 0.692. The second kappa shape index (κ2) is 5.76. The number of carboxylic acid groups (broad SMARTS) is 1. The van der Waals surface area contributed by atoms with E-state index in [1.54, 1.807) is 0 Å². The summed E-state index contributed by atoms with van der Waals surface area (Å²) < 4.78 is 0. The van der Waals surface area contributed by atoms with E-state index in [4.69, 9.17) is 6.42 Å². The van der Waals surface area contributed by atoms with E-state index < -0.39 is 11.4 Å². The molecule has 1 aliphatic rings. The molecule has 2 atom stereocenters. The number of nitrogens with one attached hydrogen (secondary N) is 1. The first-order valence-corrected chi connectivity index (χ1v) is 6.24. The first-order valence-electron chi connectivity index (χ1n) is 6.24. The Kier molecular flexibility index (Phi) is 4.60. The average molecular weight is 252 g/mol. The predicted octanol–water partition coefficient (Wildman–Crippen LogP) is 1.29. The van der Waals surface area contributed by atoms with E-state index in [1.807, 2.05) is 13.8 Å². The molecular formula is C13H20N2O3. The maximum absolute atomic E-state index is 11.9. The number of carbonyl (C=O) groups is 2. The second-order valence-corrected chi connectivity index (χ2v) is 4.69. The van der Waals surface area contributed by atoms with E-state index in [0.717, 1.165) is 0 Å². The molecule has 100 valence electrons. The van der Waals surface area contributed by atoms with Crippen LogP contribution in [0.15, 0.2) is 0 Å². The third kappa shape index (κ3) is 2.76. The number of terminal acetylenes is 1. The van der Waals surface area contributed by atoms with Crippen molar-refractivity contribution >= 4 is 12.0 Å². The summed E-state index contributed by atoms with van der Waals surface area (Å²) in [6.45, 7) is 4.45. The molecule has 2 unspecified atom stereocenters. The van der Waals surface area contributed by atoms with E-state index in [0.29, 0.717) is 25.8 Å². The smallest absolute Gasteiger partial charge is 0.318 e. The van der Waals surface area contributed by atoms with Crippen molar-refractivity contribution in [1.82, 2.24) is 10.2 Å². The number of amides is 2. The molecule has 1 saturated heterocycles. The van der Waals surface area contributed by atoms with Crippen molar-refractivity contribution in [3.05, 3.63) is 0 Å². The lowest BCUT2D eigenvalue weighted by Crippen LogP contribution is -2.45. The van der Waals surface area contributed by atoms with Crippen LogP contribution < -0.4 is 5.32 Å². The van der Waals surface area contributed by atoms with Gasteiger partial charge in [0, 0.05) is 13.1 Å². The third-order valence-electron chi connectivity index (χ3n) is 3.68. The van der Waals surface area contributed by atoms with Gasteiger partial charge in [-0.2, -0.15) is 0 Å². The molecule has 1 rings (SSSR count). The van der Waals surface area contributed by atoms with Crippen molar-refractivity contribution in [2.45, 2.75) is 39.2 Å². The van der Waals surface area contributed by atoms with Gasteiger partial charge in [-0.1, -0.05) is 19.8 Å². The molecule has 0 radical (unpaired) electrons. The molecule has 2 amide bonds. The van der Waals surface area contributed by atoms with E-state index in [1.165, 1.54) is 4.90 Å². The number of carbonyl (C=O) groups excluding carboxylic acids is 1. The number of hydrogen-bond donors (Lipinski definition) is 2. The largest absolute Gasteiger partial charge is 0.481 e. The molecule has 5 heteroatoms. The predicted molar refractivity (Wildman–Crippen MR) is 68.0 cm³/mol. The molecule has 5 nitrogen and oxygen atoms in total. The Labute approximate surface area is 108 Å². The van der Waals surface area contributed by atoms with Gasteiger partial charge in [-0.3, -0.25) is 4.79 Å². The fourth-order valence-electron chi connectivity index (χ4n) is 2.16. The Morgan fingerprint density at radius 1 is 1.56 bits per heavy atom. The molecule has 0 spiro atoms. The number of carboxylic acids is 1. The summed E-state index contributed by atoms with van der Waals surface area (Å²) in [5, 5.41) is 12.0. The molecule has 0 aromatic carbocycles. The Bertz CT molecular complexity index is 375. The normalized spacial score (nSPS) is 24.4. The van der Waals surface area contributed by atoms with Crippen molar-refractivity contribution in [2.24, 2.45) is 5.41 Å². The van der Waals surface area contributed by atoms with Crippen LogP contribution in [0.4, 0.5) is 4.79 Å². The average Bonchev–Trinajstić information content (AvgIpc) is 2.81. The van der Waals surface area contributed by atoms with Crippen molar-refractivity contribution in [1.29, 1.82) is 0 Å². The Morgan fingerprint density at radius 2 is 2.22 bits per heavy atom. The van der Waals surface area contributed by atoms with Crippen molar-refractivity contribution in [3.8, 4) is 12.3 Å². The lowest BCUT2D eigenvalue weighted by Gasteiger charge is -2.24. The van der Waals surface area contributed by atoms with Crippen molar-refractivity contribution < 1.29 is 14.7 Å². The highest BCUT2D eigenvalue weighted by Gasteiger charge is 2.44. The van der Waals surface area contributed by atoms with Gasteiger partial charge < -0.3 is 15.3 Å². The zero-order chi connectivity index (χ0) is 13.8. The van der Waals surface area contributed by atoms with E-state index in [2.05, 4.69) is 11.2 Å². The molecule has 1 aliphatic heterocycles. The van der Waals surface area contributed by atoms with Gasteiger partial charge in [0.15, 0.2) is 0 Å². The zero-order valence-electron chi connectivity index (χ0n) is 10.9. The van der Waals surface area contributed by atoms with Gasteiger partial charge in [-0.05, 0) is 19.3 Å². The first-order chi connectivity index (χ1) is 8.49. The minimum Gasteiger partial charge on any atom is -0.481 e. The summed E-state index contributed by atoms with van der Waals surface area (Å²) in [5.41, 5.74) is -0.796. The van der Waals surface area contributed by atoms with Crippen LogP contribution in [0.2, 0.25) is 0 Å². The van der Waals surface area contributed by atoms with Crippen LogP contribution in [0.1, 0.15) is 33.1 Å². The highest BCUT2D eigenvalue weighted by atomic mass is 16.4. The second-order valence-electron chi connectivity index (χ2n) is 4.69. The van der Waals surface area contributed by atoms with Gasteiger partial charge in [0.05, 0.1) is 11.5 Å². The fourth-order valence-corrected chi connectivity index (χ4v) is 2.16. The van der Waals surface area contributed by atoms with Crippen LogP contribution in [0.3, 0.4) is 0 Å². The highest BCUT2D eigenvalue weighted by Crippen LogP contribution is 2.34. The van der Waals surface area contributed by atoms with E-state index in [9.17, 15) is 14.7 Å². The Morgan fingerprint density at radius 3 is 2.61 bits per heavy atom. The first kappa shape index (κ1) is 14.4. The number of aliphatic carboxylic acids is 1. The third-order valence-corrected chi connectivity index (χ3v) is 3.68. The molecule has 0 saturated carbocycles.